The molecule has 21 heavy (non-hydrogen) atoms. The zero-order chi connectivity index (χ0) is 16.0. The largest absolute Gasteiger partial charge is 0.508 e. The third-order valence-electron chi connectivity index (χ3n) is 2.60. The van der Waals surface area contributed by atoms with E-state index in [1.807, 2.05) is 19.1 Å². The lowest BCUT2D eigenvalue weighted by Gasteiger charge is -2.08. The maximum absolute atomic E-state index is 12.3. The van der Waals surface area contributed by atoms with Gasteiger partial charge in [0.25, 0.3) is 0 Å². The fraction of sp³-hybridized carbons (Fsp3) is 0.188. The fourth-order valence-corrected chi connectivity index (χ4v) is 1.62. The summed E-state index contributed by atoms with van der Waals surface area (Å²) in [5, 5.41) is 17.2. The van der Waals surface area contributed by atoms with Crippen LogP contribution in [0.3, 0.4) is 0 Å². The number of nitrogens with zero attached hydrogens (tertiary/aromatic N) is 1. The zero-order valence-electron chi connectivity index (χ0n) is 11.6. The summed E-state index contributed by atoms with van der Waals surface area (Å²) in [7, 11) is 0. The monoisotopic (exact) mass is 293 g/mol. The van der Waals surface area contributed by atoms with E-state index in [9.17, 15) is 13.2 Å². The van der Waals surface area contributed by atoms with Crippen LogP contribution in [0.15, 0.2) is 42.5 Å². The van der Waals surface area contributed by atoms with E-state index in [4.69, 9.17) is 10.4 Å². The van der Waals surface area contributed by atoms with Crippen molar-refractivity contribution in [2.75, 3.05) is 0 Å². The molecule has 0 aliphatic carbocycles. The number of hydrogen-bond acceptors (Lipinski definition) is 2. The number of halogens is 3. The summed E-state index contributed by atoms with van der Waals surface area (Å²) < 4.78 is 36.8. The number of hydrogen-bond donors (Lipinski definition) is 1. The van der Waals surface area contributed by atoms with Gasteiger partial charge in [-0.2, -0.15) is 18.4 Å². The van der Waals surface area contributed by atoms with Crippen LogP contribution in [0.2, 0.25) is 0 Å². The van der Waals surface area contributed by atoms with Gasteiger partial charge in [-0.15, -0.1) is 0 Å². The average Bonchev–Trinajstić information content (AvgIpc) is 2.38. The summed E-state index contributed by atoms with van der Waals surface area (Å²) in [4.78, 5) is 0. The number of alkyl halides is 3. The lowest BCUT2D eigenvalue weighted by Crippen LogP contribution is -2.07. The minimum Gasteiger partial charge on any atom is -0.508 e. The van der Waals surface area contributed by atoms with Crippen molar-refractivity contribution in [1.82, 2.24) is 0 Å². The van der Waals surface area contributed by atoms with Crippen molar-refractivity contribution < 1.29 is 18.3 Å². The Balaban J connectivity index is 0.000000235. The highest BCUT2D eigenvalue weighted by Gasteiger charge is 2.33. The Morgan fingerprint density at radius 3 is 2.05 bits per heavy atom. The third kappa shape index (κ3) is 5.19. The SMILES string of the molecule is Cc1ccc(C#N)c(C(F)(F)F)c1.Cc1cccc(O)c1. The fourth-order valence-electron chi connectivity index (χ4n) is 1.62. The summed E-state index contributed by atoms with van der Waals surface area (Å²) >= 11 is 0. The van der Waals surface area contributed by atoms with Gasteiger partial charge in [0.05, 0.1) is 17.2 Å². The normalized spacial score (nSPS) is 10.3. The van der Waals surface area contributed by atoms with E-state index in [1.165, 1.54) is 18.2 Å². The summed E-state index contributed by atoms with van der Waals surface area (Å²) in [5.41, 5.74) is 0.379. The highest BCUT2D eigenvalue weighted by Crippen LogP contribution is 2.32. The Bertz CT molecular complexity index is 640. The summed E-state index contributed by atoms with van der Waals surface area (Å²) in [5.74, 6) is 0.338. The molecule has 2 rings (SSSR count). The molecule has 0 radical (unpaired) electrons. The summed E-state index contributed by atoms with van der Waals surface area (Å²) in [6.07, 6.45) is -4.45. The molecule has 0 heterocycles. The Hall–Kier alpha value is -2.48. The second-order valence-corrected chi connectivity index (χ2v) is 4.50. The lowest BCUT2D eigenvalue weighted by molar-refractivity contribution is -0.137. The van der Waals surface area contributed by atoms with Crippen molar-refractivity contribution >= 4 is 0 Å². The molecule has 0 spiro atoms. The zero-order valence-corrected chi connectivity index (χ0v) is 11.6. The van der Waals surface area contributed by atoms with Gasteiger partial charge in [0.2, 0.25) is 0 Å². The topological polar surface area (TPSA) is 44.0 Å². The van der Waals surface area contributed by atoms with Gasteiger partial charge < -0.3 is 5.11 Å². The molecule has 0 saturated carbocycles. The Labute approximate surface area is 121 Å². The highest BCUT2D eigenvalue weighted by atomic mass is 19.4. The first kappa shape index (κ1) is 16.6. The lowest BCUT2D eigenvalue weighted by atomic mass is 10.1. The van der Waals surface area contributed by atoms with Gasteiger partial charge in [0.1, 0.15) is 5.75 Å². The van der Waals surface area contributed by atoms with E-state index in [0.717, 1.165) is 11.6 Å². The van der Waals surface area contributed by atoms with Crippen LogP contribution in [0.4, 0.5) is 13.2 Å². The maximum Gasteiger partial charge on any atom is 0.417 e. The van der Waals surface area contributed by atoms with Crippen LogP contribution in [0.1, 0.15) is 22.3 Å². The molecular weight excluding hydrogens is 279 g/mol. The van der Waals surface area contributed by atoms with E-state index in [2.05, 4.69) is 0 Å². The third-order valence-corrected chi connectivity index (χ3v) is 2.60. The first-order valence-electron chi connectivity index (χ1n) is 6.07. The van der Waals surface area contributed by atoms with Gasteiger partial charge in [-0.3, -0.25) is 0 Å². The van der Waals surface area contributed by atoms with Gasteiger partial charge in [-0.25, -0.2) is 0 Å². The van der Waals surface area contributed by atoms with E-state index in [-0.39, 0.29) is 5.56 Å². The first-order valence-corrected chi connectivity index (χ1v) is 6.07. The van der Waals surface area contributed by atoms with Crippen LogP contribution in [0, 0.1) is 25.2 Å². The standard InChI is InChI=1S/C9H6F3N.C7H8O/c1-6-2-3-7(5-13)8(4-6)9(10,11)12;1-6-3-2-4-7(8)5-6/h2-4H,1H3;2-5,8H,1H3. The minimum absolute atomic E-state index is 0.335. The van der Waals surface area contributed by atoms with Crippen molar-refractivity contribution in [2.45, 2.75) is 20.0 Å². The van der Waals surface area contributed by atoms with Crippen molar-refractivity contribution in [1.29, 1.82) is 5.26 Å². The molecule has 110 valence electrons. The highest BCUT2D eigenvalue weighted by molar-refractivity contribution is 5.41. The van der Waals surface area contributed by atoms with Gasteiger partial charge in [-0.1, -0.05) is 23.8 Å². The first-order chi connectivity index (χ1) is 9.74. The van der Waals surface area contributed by atoms with E-state index >= 15 is 0 Å². The molecule has 0 aliphatic heterocycles. The molecule has 1 N–H and O–H groups in total. The number of nitriles is 1. The molecule has 0 saturated heterocycles. The number of phenols is 1. The molecule has 0 atom stereocenters. The van der Waals surface area contributed by atoms with Crippen LogP contribution in [-0.4, -0.2) is 5.11 Å². The van der Waals surface area contributed by atoms with Gasteiger partial charge in [0.15, 0.2) is 0 Å². The number of benzene rings is 2. The van der Waals surface area contributed by atoms with E-state index in [1.54, 1.807) is 19.1 Å². The van der Waals surface area contributed by atoms with E-state index in [0.29, 0.717) is 11.3 Å². The Morgan fingerprint density at radius 2 is 1.62 bits per heavy atom. The average molecular weight is 293 g/mol. The number of aryl methyl sites for hydroxylation is 2. The van der Waals surface area contributed by atoms with Crippen molar-refractivity contribution in [3.8, 4) is 11.8 Å². The minimum atomic E-state index is -4.45. The van der Waals surface area contributed by atoms with Crippen LogP contribution in [0.25, 0.3) is 0 Å². The predicted octanol–water partition coefficient (Wildman–Crippen LogP) is 4.59. The van der Waals surface area contributed by atoms with Crippen LogP contribution >= 0.6 is 0 Å². The Morgan fingerprint density at radius 1 is 1.00 bits per heavy atom. The molecule has 5 heteroatoms. The second-order valence-electron chi connectivity index (χ2n) is 4.50. The molecule has 0 amide bonds. The quantitative estimate of drug-likeness (QED) is 0.772. The molecule has 0 aromatic heterocycles. The van der Waals surface area contributed by atoms with Gasteiger partial charge in [-0.05, 0) is 43.7 Å². The molecule has 0 aliphatic rings. The molecule has 2 aromatic carbocycles. The summed E-state index contributed by atoms with van der Waals surface area (Å²) in [6.45, 7) is 3.50. The van der Waals surface area contributed by atoms with Crippen molar-refractivity contribution in [3.05, 3.63) is 64.7 Å². The van der Waals surface area contributed by atoms with Crippen LogP contribution in [-0.2, 0) is 6.18 Å². The molecular formula is C16H14F3NO. The van der Waals surface area contributed by atoms with Crippen molar-refractivity contribution in [3.63, 3.8) is 0 Å². The van der Waals surface area contributed by atoms with Gasteiger partial charge >= 0.3 is 6.18 Å². The van der Waals surface area contributed by atoms with Crippen molar-refractivity contribution in [2.24, 2.45) is 0 Å². The molecule has 2 nitrogen and oxygen atoms in total. The summed E-state index contributed by atoms with van der Waals surface area (Å²) in [6, 6.07) is 12.3. The molecule has 2 aromatic rings. The Kier molecular flexibility index (Phi) is 5.37. The predicted molar refractivity (Wildman–Crippen MR) is 73.7 cm³/mol. The van der Waals surface area contributed by atoms with Crippen LogP contribution < -0.4 is 0 Å². The maximum atomic E-state index is 12.3. The number of aromatic hydroxyl groups is 1. The second kappa shape index (κ2) is 6.80. The van der Waals surface area contributed by atoms with Crippen LogP contribution in [0.5, 0.6) is 5.75 Å². The molecule has 0 unspecified atom stereocenters. The molecule has 0 bridgehead atoms. The number of rotatable bonds is 0. The van der Waals surface area contributed by atoms with E-state index < -0.39 is 11.7 Å². The van der Waals surface area contributed by atoms with Gasteiger partial charge in [0, 0.05) is 0 Å². The number of phenolic OH excluding ortho intramolecular Hbond substituents is 1. The smallest absolute Gasteiger partial charge is 0.417 e. The molecule has 0 fully saturated rings.